The summed E-state index contributed by atoms with van der Waals surface area (Å²) in [6, 6.07) is 7.05. The van der Waals surface area contributed by atoms with Crippen LogP contribution in [0.15, 0.2) is 43.6 Å². The topological polar surface area (TPSA) is 66.0 Å². The molecule has 0 bridgehead atoms. The Morgan fingerprint density at radius 2 is 2.22 bits per heavy atom. The van der Waals surface area contributed by atoms with E-state index >= 15 is 0 Å². The average Bonchev–Trinajstić information content (AvgIpc) is 2.27. The molecule has 4 nitrogen and oxygen atoms in total. The van der Waals surface area contributed by atoms with Crippen LogP contribution >= 0.6 is 27.7 Å². The van der Waals surface area contributed by atoms with Gasteiger partial charge in [0.25, 0.3) is 5.56 Å². The Kier molecular flexibility index (Phi) is 4.21. The Bertz CT molecular complexity index is 628. The molecule has 0 atom stereocenters. The van der Waals surface area contributed by atoms with E-state index in [0.717, 1.165) is 14.9 Å². The van der Waals surface area contributed by atoms with Gasteiger partial charge >= 0.3 is 0 Å². The van der Waals surface area contributed by atoms with Gasteiger partial charge in [-0.1, -0.05) is 33.8 Å². The van der Waals surface area contributed by atoms with E-state index in [1.54, 1.807) is 6.92 Å². The highest BCUT2D eigenvalue weighted by molar-refractivity contribution is 9.10. The molecule has 1 aromatic carbocycles. The first kappa shape index (κ1) is 13.3. The maximum atomic E-state index is 11.3. The molecule has 1 heterocycles. The summed E-state index contributed by atoms with van der Waals surface area (Å²) in [6.45, 7) is 1.77. The molecule has 94 valence electrons. The van der Waals surface area contributed by atoms with Gasteiger partial charge in [0.1, 0.15) is 0 Å². The number of aryl methyl sites for hydroxylation is 1. The number of nitrogens with zero attached hydrogens (tertiary/aromatic N) is 1. The number of hydrogen-bond donors (Lipinski definition) is 2. The zero-order valence-corrected chi connectivity index (χ0v) is 12.0. The molecule has 0 saturated heterocycles. The summed E-state index contributed by atoms with van der Waals surface area (Å²) in [5.41, 5.74) is 1.35. The summed E-state index contributed by atoms with van der Waals surface area (Å²) in [7, 11) is 0. The molecule has 0 spiro atoms. The maximum absolute atomic E-state index is 11.3. The van der Waals surface area contributed by atoms with Gasteiger partial charge in [-0.05, 0) is 24.6 Å². The van der Waals surface area contributed by atoms with Crippen molar-refractivity contribution in [2.45, 2.75) is 23.6 Å². The molecule has 0 aliphatic rings. The van der Waals surface area contributed by atoms with Crippen LogP contribution < -0.4 is 5.56 Å². The average molecular weight is 327 g/mol. The van der Waals surface area contributed by atoms with Crippen LogP contribution in [-0.4, -0.2) is 15.1 Å². The first-order valence-electron chi connectivity index (χ1n) is 5.23. The molecule has 0 radical (unpaired) electrons. The molecule has 0 fully saturated rings. The van der Waals surface area contributed by atoms with Crippen molar-refractivity contribution in [2.24, 2.45) is 0 Å². The third-order valence-electron chi connectivity index (χ3n) is 2.26. The number of nitrogens with one attached hydrogen (secondary N) is 1. The standard InChI is InChI=1S/C12H11BrN2O2S/c1-7-4-11(17)15-12(14-7)18-9-3-2-8(6-16)10(13)5-9/h2-5,16H,6H2,1H3,(H,14,15,17). The largest absolute Gasteiger partial charge is 0.392 e. The molecule has 1 aromatic heterocycles. The van der Waals surface area contributed by atoms with Gasteiger partial charge in [0.2, 0.25) is 0 Å². The van der Waals surface area contributed by atoms with Crippen molar-refractivity contribution in [3.05, 3.63) is 50.3 Å². The van der Waals surface area contributed by atoms with Crippen LogP contribution in [0.1, 0.15) is 11.3 Å². The molecule has 2 N–H and O–H groups in total. The number of aromatic amines is 1. The Hall–Kier alpha value is -1.11. The second-order valence-electron chi connectivity index (χ2n) is 3.71. The van der Waals surface area contributed by atoms with Gasteiger partial charge in [-0.2, -0.15) is 0 Å². The highest BCUT2D eigenvalue weighted by Crippen LogP contribution is 2.28. The van der Waals surface area contributed by atoms with Gasteiger partial charge in [0.15, 0.2) is 5.16 Å². The summed E-state index contributed by atoms with van der Waals surface area (Å²) < 4.78 is 0.838. The molecule has 2 rings (SSSR count). The van der Waals surface area contributed by atoms with Crippen LogP contribution in [0.4, 0.5) is 0 Å². The molecule has 18 heavy (non-hydrogen) atoms. The zero-order valence-electron chi connectivity index (χ0n) is 9.61. The van der Waals surface area contributed by atoms with Crippen LogP contribution in [0.2, 0.25) is 0 Å². The van der Waals surface area contributed by atoms with E-state index in [1.807, 2.05) is 18.2 Å². The van der Waals surface area contributed by atoms with Crippen LogP contribution in [0.5, 0.6) is 0 Å². The predicted molar refractivity (Wildman–Crippen MR) is 73.8 cm³/mol. The number of aromatic nitrogens is 2. The fraction of sp³-hybridized carbons (Fsp3) is 0.167. The molecule has 0 saturated carbocycles. The van der Waals surface area contributed by atoms with Crippen LogP contribution in [0, 0.1) is 6.92 Å². The molecular weight excluding hydrogens is 316 g/mol. The predicted octanol–water partition coefficient (Wildman–Crippen LogP) is 2.48. The van der Waals surface area contributed by atoms with Crippen LogP contribution in [0.25, 0.3) is 0 Å². The lowest BCUT2D eigenvalue weighted by atomic mass is 10.2. The Labute approximate surface area is 117 Å². The number of benzene rings is 1. The smallest absolute Gasteiger partial charge is 0.251 e. The summed E-state index contributed by atoms with van der Waals surface area (Å²) in [4.78, 5) is 19.2. The van der Waals surface area contributed by atoms with E-state index in [1.165, 1.54) is 17.8 Å². The number of rotatable bonds is 3. The minimum absolute atomic E-state index is 0.00887. The normalized spacial score (nSPS) is 10.6. The van der Waals surface area contributed by atoms with Gasteiger partial charge in [0, 0.05) is 21.1 Å². The first-order chi connectivity index (χ1) is 8.58. The third kappa shape index (κ3) is 3.22. The van der Waals surface area contributed by atoms with E-state index in [9.17, 15) is 4.79 Å². The lowest BCUT2D eigenvalue weighted by molar-refractivity contribution is 0.281. The molecular formula is C12H11BrN2O2S. The van der Waals surface area contributed by atoms with E-state index in [0.29, 0.717) is 10.9 Å². The van der Waals surface area contributed by atoms with Crippen molar-refractivity contribution in [2.75, 3.05) is 0 Å². The van der Waals surface area contributed by atoms with Crippen molar-refractivity contribution in [1.29, 1.82) is 0 Å². The molecule has 0 unspecified atom stereocenters. The van der Waals surface area contributed by atoms with Gasteiger partial charge in [-0.15, -0.1) is 0 Å². The molecule has 2 aromatic rings. The third-order valence-corrected chi connectivity index (χ3v) is 3.87. The second kappa shape index (κ2) is 5.69. The monoisotopic (exact) mass is 326 g/mol. The van der Waals surface area contributed by atoms with Crippen molar-refractivity contribution >= 4 is 27.7 Å². The summed E-state index contributed by atoms with van der Waals surface area (Å²) in [6.07, 6.45) is 0. The number of halogens is 1. The van der Waals surface area contributed by atoms with Crippen molar-refractivity contribution in [1.82, 2.24) is 9.97 Å². The number of aliphatic hydroxyl groups excluding tert-OH is 1. The molecule has 0 aliphatic carbocycles. The van der Waals surface area contributed by atoms with Crippen molar-refractivity contribution in [3.63, 3.8) is 0 Å². The minimum atomic E-state index is -0.156. The van der Waals surface area contributed by atoms with Gasteiger partial charge in [-0.3, -0.25) is 4.79 Å². The maximum Gasteiger partial charge on any atom is 0.251 e. The van der Waals surface area contributed by atoms with Gasteiger partial charge in [-0.25, -0.2) is 4.98 Å². The minimum Gasteiger partial charge on any atom is -0.392 e. The fourth-order valence-corrected chi connectivity index (χ4v) is 2.96. The molecule has 6 heteroatoms. The quantitative estimate of drug-likeness (QED) is 0.850. The lowest BCUT2D eigenvalue weighted by Crippen LogP contribution is -2.07. The second-order valence-corrected chi connectivity index (χ2v) is 5.62. The number of H-pyrrole nitrogens is 1. The van der Waals surface area contributed by atoms with E-state index in [-0.39, 0.29) is 12.2 Å². The first-order valence-corrected chi connectivity index (χ1v) is 6.84. The van der Waals surface area contributed by atoms with Crippen LogP contribution in [-0.2, 0) is 6.61 Å². The van der Waals surface area contributed by atoms with Crippen molar-refractivity contribution < 1.29 is 5.11 Å². The number of aliphatic hydroxyl groups is 1. The van der Waals surface area contributed by atoms with Crippen molar-refractivity contribution in [3.8, 4) is 0 Å². The van der Waals surface area contributed by atoms with Crippen LogP contribution in [0.3, 0.4) is 0 Å². The summed E-state index contributed by atoms with van der Waals surface area (Å²) >= 11 is 4.75. The van der Waals surface area contributed by atoms with E-state index in [4.69, 9.17) is 5.11 Å². The fourth-order valence-electron chi connectivity index (χ4n) is 1.43. The highest BCUT2D eigenvalue weighted by Gasteiger charge is 2.04. The van der Waals surface area contributed by atoms with E-state index < -0.39 is 0 Å². The van der Waals surface area contributed by atoms with E-state index in [2.05, 4.69) is 25.9 Å². The summed E-state index contributed by atoms with van der Waals surface area (Å²) in [5, 5.41) is 9.63. The molecule has 0 amide bonds. The Balaban J connectivity index is 2.28. The number of hydrogen-bond acceptors (Lipinski definition) is 4. The summed E-state index contributed by atoms with van der Waals surface area (Å²) in [5.74, 6) is 0. The lowest BCUT2D eigenvalue weighted by Gasteiger charge is -2.05. The SMILES string of the molecule is Cc1cc(=O)[nH]c(Sc2ccc(CO)c(Br)c2)n1. The zero-order chi connectivity index (χ0) is 13.1. The van der Waals surface area contributed by atoms with Gasteiger partial charge in [0.05, 0.1) is 6.61 Å². The molecule has 0 aliphatic heterocycles. The Morgan fingerprint density at radius 1 is 1.44 bits per heavy atom. The van der Waals surface area contributed by atoms with Gasteiger partial charge < -0.3 is 10.1 Å². The Morgan fingerprint density at radius 3 is 2.83 bits per heavy atom. The highest BCUT2D eigenvalue weighted by atomic mass is 79.9.